The fourth-order valence-corrected chi connectivity index (χ4v) is 5.76. The molecule has 166 valence electrons. The second kappa shape index (κ2) is 7.65. The zero-order valence-electron chi connectivity index (χ0n) is 17.7. The van der Waals surface area contributed by atoms with E-state index in [4.69, 9.17) is 9.47 Å². The molecule has 5 rings (SSSR count). The van der Waals surface area contributed by atoms with Gasteiger partial charge in [-0.15, -0.1) is 0 Å². The Kier molecular flexibility index (Phi) is 4.92. The predicted octanol–water partition coefficient (Wildman–Crippen LogP) is 3.43. The number of carbonyl (C=O) groups excluding carboxylic acids is 2. The predicted molar refractivity (Wildman–Crippen MR) is 115 cm³/mol. The Morgan fingerprint density at radius 2 is 1.56 bits per heavy atom. The molecule has 2 unspecified atom stereocenters. The first-order valence-electron chi connectivity index (χ1n) is 10.9. The molecule has 3 aliphatic rings. The van der Waals surface area contributed by atoms with E-state index in [0.717, 1.165) is 22.3 Å². The van der Waals surface area contributed by atoms with Gasteiger partial charge in [0.25, 0.3) is 0 Å². The number of alkyl carbamates (subject to hydrolysis) is 1. The summed E-state index contributed by atoms with van der Waals surface area (Å²) in [6.45, 7) is 0.162. The van der Waals surface area contributed by atoms with Crippen LogP contribution in [0.25, 0.3) is 11.1 Å². The van der Waals surface area contributed by atoms with Gasteiger partial charge in [-0.3, -0.25) is 9.59 Å². The molecule has 2 saturated carbocycles. The number of hydrogen-bond donors (Lipinski definition) is 2. The van der Waals surface area contributed by atoms with Crippen molar-refractivity contribution < 1.29 is 29.0 Å². The molecule has 0 spiro atoms. The zero-order valence-corrected chi connectivity index (χ0v) is 17.7. The summed E-state index contributed by atoms with van der Waals surface area (Å²) in [6.07, 6.45) is 0.0879. The van der Waals surface area contributed by atoms with Crippen molar-refractivity contribution >= 4 is 18.0 Å². The lowest BCUT2D eigenvalue weighted by Gasteiger charge is -2.27. The number of benzene rings is 2. The van der Waals surface area contributed by atoms with Crippen LogP contribution in [0.3, 0.4) is 0 Å². The zero-order chi connectivity index (χ0) is 22.5. The van der Waals surface area contributed by atoms with Gasteiger partial charge in [-0.1, -0.05) is 48.5 Å². The third-order valence-electron chi connectivity index (χ3n) is 7.43. The van der Waals surface area contributed by atoms with Crippen LogP contribution in [-0.4, -0.2) is 43.4 Å². The molecule has 32 heavy (non-hydrogen) atoms. The Morgan fingerprint density at radius 3 is 2.09 bits per heavy atom. The van der Waals surface area contributed by atoms with E-state index < -0.39 is 17.5 Å². The van der Waals surface area contributed by atoms with Crippen LogP contribution in [0.4, 0.5) is 4.79 Å². The summed E-state index contributed by atoms with van der Waals surface area (Å²) in [6, 6.07) is 16.2. The summed E-state index contributed by atoms with van der Waals surface area (Å²) in [7, 11) is 1.35. The molecule has 0 aromatic heterocycles. The average molecular weight is 435 g/mol. The molecule has 0 bridgehead atoms. The third kappa shape index (κ3) is 3.23. The highest BCUT2D eigenvalue weighted by atomic mass is 16.5. The van der Waals surface area contributed by atoms with E-state index in [1.807, 2.05) is 36.4 Å². The van der Waals surface area contributed by atoms with Crippen LogP contribution in [0.2, 0.25) is 0 Å². The van der Waals surface area contributed by atoms with E-state index in [-0.39, 0.29) is 42.8 Å². The summed E-state index contributed by atoms with van der Waals surface area (Å²) in [5, 5.41) is 12.5. The number of nitrogens with one attached hydrogen (secondary N) is 1. The van der Waals surface area contributed by atoms with Crippen LogP contribution < -0.4 is 5.32 Å². The Bertz CT molecular complexity index is 1040. The Morgan fingerprint density at radius 1 is 1.00 bits per heavy atom. The summed E-state index contributed by atoms with van der Waals surface area (Å²) in [5.41, 5.74) is 3.46. The van der Waals surface area contributed by atoms with Gasteiger partial charge in [0.05, 0.1) is 18.4 Å². The maximum Gasteiger partial charge on any atom is 0.407 e. The topological polar surface area (TPSA) is 102 Å². The second-order valence-corrected chi connectivity index (χ2v) is 9.05. The second-order valence-electron chi connectivity index (χ2n) is 9.05. The lowest BCUT2D eigenvalue weighted by Crippen LogP contribution is -2.43. The highest BCUT2D eigenvalue weighted by Crippen LogP contribution is 2.64. The first kappa shape index (κ1) is 20.5. The molecule has 7 heteroatoms. The van der Waals surface area contributed by atoms with Crippen LogP contribution in [-0.2, 0) is 19.1 Å². The van der Waals surface area contributed by atoms with E-state index in [0.29, 0.717) is 12.8 Å². The van der Waals surface area contributed by atoms with Gasteiger partial charge < -0.3 is 19.9 Å². The van der Waals surface area contributed by atoms with E-state index in [9.17, 15) is 19.5 Å². The molecule has 2 aromatic carbocycles. The van der Waals surface area contributed by atoms with Crippen molar-refractivity contribution in [3.63, 3.8) is 0 Å². The lowest BCUT2D eigenvalue weighted by molar-refractivity contribution is -0.151. The first-order chi connectivity index (χ1) is 15.4. The third-order valence-corrected chi connectivity index (χ3v) is 7.43. The van der Waals surface area contributed by atoms with Crippen molar-refractivity contribution in [2.24, 2.45) is 23.2 Å². The normalized spacial score (nSPS) is 27.1. The van der Waals surface area contributed by atoms with Gasteiger partial charge in [0.2, 0.25) is 0 Å². The number of methoxy groups -OCH3 is 1. The monoisotopic (exact) mass is 435 g/mol. The molecular formula is C25H25NO6. The molecule has 2 aromatic rings. The number of carboxylic acids is 1. The standard InChI is InChI=1S/C25H25NO6/c1-31-22(27)21-18-10-25(23(28)29,11-19(18)21)13-26-24(30)32-12-20-16-8-4-2-6-14(16)15-7-3-5-9-17(15)20/h2-9,18-21H,10-13H2,1H3,(H,26,30)(H,28,29). The van der Waals surface area contributed by atoms with Gasteiger partial charge in [-0.2, -0.15) is 0 Å². The molecule has 2 fully saturated rings. The molecule has 0 heterocycles. The Hall–Kier alpha value is -3.35. The molecule has 3 aliphatic carbocycles. The molecule has 0 aliphatic heterocycles. The van der Waals surface area contributed by atoms with Gasteiger partial charge in [0.15, 0.2) is 0 Å². The first-order valence-corrected chi connectivity index (χ1v) is 10.9. The lowest BCUT2D eigenvalue weighted by atomic mass is 9.81. The fourth-order valence-electron chi connectivity index (χ4n) is 5.76. The number of fused-ring (bicyclic) bond motifs is 4. The van der Waals surface area contributed by atoms with Crippen LogP contribution in [0.5, 0.6) is 0 Å². The van der Waals surface area contributed by atoms with E-state index in [1.54, 1.807) is 0 Å². The summed E-state index contributed by atoms with van der Waals surface area (Å²) in [4.78, 5) is 36.2. The van der Waals surface area contributed by atoms with E-state index in [2.05, 4.69) is 17.4 Å². The smallest absolute Gasteiger partial charge is 0.407 e. The number of rotatable bonds is 6. The SMILES string of the molecule is COC(=O)C1C2CC(CNC(=O)OCC3c4ccccc4-c4ccccc43)(C(=O)O)CC21. The molecule has 2 N–H and O–H groups in total. The van der Waals surface area contributed by atoms with Crippen molar-refractivity contribution in [3.05, 3.63) is 59.7 Å². The Labute approximate surface area is 185 Å². The van der Waals surface area contributed by atoms with Crippen LogP contribution >= 0.6 is 0 Å². The van der Waals surface area contributed by atoms with E-state index >= 15 is 0 Å². The number of carbonyl (C=O) groups is 3. The van der Waals surface area contributed by atoms with Gasteiger partial charge in [-0.25, -0.2) is 4.79 Å². The van der Waals surface area contributed by atoms with Crippen LogP contribution in [0.15, 0.2) is 48.5 Å². The van der Waals surface area contributed by atoms with Crippen LogP contribution in [0.1, 0.15) is 29.9 Å². The molecule has 1 amide bonds. The van der Waals surface area contributed by atoms with E-state index in [1.165, 1.54) is 7.11 Å². The maximum absolute atomic E-state index is 12.5. The molecule has 2 atom stereocenters. The highest BCUT2D eigenvalue weighted by molar-refractivity contribution is 5.81. The van der Waals surface area contributed by atoms with Crippen molar-refractivity contribution in [3.8, 4) is 11.1 Å². The van der Waals surface area contributed by atoms with Gasteiger partial charge in [0, 0.05) is 12.5 Å². The number of esters is 1. The number of carboxylic acid groups (broad SMARTS) is 1. The number of ether oxygens (including phenoxy) is 2. The Balaban J connectivity index is 1.20. The number of amides is 1. The highest BCUT2D eigenvalue weighted by Gasteiger charge is 2.67. The molecular weight excluding hydrogens is 410 g/mol. The van der Waals surface area contributed by atoms with Crippen molar-refractivity contribution in [1.29, 1.82) is 0 Å². The van der Waals surface area contributed by atoms with Crippen molar-refractivity contribution in [1.82, 2.24) is 5.32 Å². The quantitative estimate of drug-likeness (QED) is 0.674. The fraction of sp³-hybridized carbons (Fsp3) is 0.400. The summed E-state index contributed by atoms with van der Waals surface area (Å²) < 4.78 is 10.3. The van der Waals surface area contributed by atoms with Crippen LogP contribution in [0, 0.1) is 23.2 Å². The number of aliphatic carboxylic acids is 1. The maximum atomic E-state index is 12.5. The molecule has 0 saturated heterocycles. The minimum Gasteiger partial charge on any atom is -0.481 e. The minimum absolute atomic E-state index is 0.0140. The largest absolute Gasteiger partial charge is 0.481 e. The van der Waals surface area contributed by atoms with Gasteiger partial charge >= 0.3 is 18.0 Å². The molecule has 0 radical (unpaired) electrons. The summed E-state index contributed by atoms with van der Waals surface area (Å²) in [5.74, 6) is -1.45. The number of hydrogen-bond acceptors (Lipinski definition) is 5. The average Bonchev–Trinajstić information content (AvgIpc) is 3.17. The van der Waals surface area contributed by atoms with Crippen molar-refractivity contribution in [2.45, 2.75) is 18.8 Å². The van der Waals surface area contributed by atoms with Gasteiger partial charge in [-0.05, 0) is 46.9 Å². The minimum atomic E-state index is -1.06. The molecule has 7 nitrogen and oxygen atoms in total. The van der Waals surface area contributed by atoms with Crippen molar-refractivity contribution in [2.75, 3.05) is 20.3 Å². The van der Waals surface area contributed by atoms with Gasteiger partial charge in [0.1, 0.15) is 6.61 Å². The summed E-state index contributed by atoms with van der Waals surface area (Å²) >= 11 is 0.